The number of rotatable bonds is 1. The maximum absolute atomic E-state index is 12.7. The van der Waals surface area contributed by atoms with Gasteiger partial charge in [0.2, 0.25) is 0 Å². The SMILES string of the molecule is Fc1c(F)c(F)c([Te][TeH])c(F)c1F. The van der Waals surface area contributed by atoms with E-state index in [0.29, 0.717) is 0 Å². The Bertz CT molecular complexity index is 322. The van der Waals surface area contributed by atoms with Crippen molar-refractivity contribution < 1.29 is 22.0 Å². The van der Waals surface area contributed by atoms with Gasteiger partial charge in [-0.3, -0.25) is 0 Å². The zero-order valence-corrected chi connectivity index (χ0v) is 10.6. The molecule has 0 heterocycles. The van der Waals surface area contributed by atoms with E-state index in [1.807, 2.05) is 0 Å². The summed E-state index contributed by atoms with van der Waals surface area (Å²) in [6, 6.07) is 0. The van der Waals surface area contributed by atoms with Gasteiger partial charge in [0, 0.05) is 0 Å². The van der Waals surface area contributed by atoms with Crippen LogP contribution < -0.4 is 3.61 Å². The van der Waals surface area contributed by atoms with E-state index in [2.05, 4.69) is 0 Å². The van der Waals surface area contributed by atoms with Crippen LogP contribution in [-0.4, -0.2) is 35.5 Å². The quantitative estimate of drug-likeness (QED) is 0.268. The van der Waals surface area contributed by atoms with E-state index >= 15 is 0 Å². The predicted molar refractivity (Wildman–Crippen MR) is 38.8 cm³/mol. The first kappa shape index (κ1) is 11.5. The topological polar surface area (TPSA) is 0 Å². The summed E-state index contributed by atoms with van der Waals surface area (Å²) < 4.78 is 62.2. The molecule has 0 aliphatic heterocycles. The van der Waals surface area contributed by atoms with Crippen LogP contribution in [0.2, 0.25) is 0 Å². The van der Waals surface area contributed by atoms with E-state index in [4.69, 9.17) is 0 Å². The molecule has 0 radical (unpaired) electrons. The van der Waals surface area contributed by atoms with Crippen LogP contribution >= 0.6 is 0 Å². The van der Waals surface area contributed by atoms with Crippen LogP contribution in [0.4, 0.5) is 22.0 Å². The molecule has 0 amide bonds. The van der Waals surface area contributed by atoms with Gasteiger partial charge in [0.25, 0.3) is 0 Å². The molecule has 0 fully saturated rings. The fourth-order valence-electron chi connectivity index (χ4n) is 0.665. The van der Waals surface area contributed by atoms with Gasteiger partial charge in [0.05, 0.1) is 0 Å². The van der Waals surface area contributed by atoms with Crippen LogP contribution in [-0.2, 0) is 0 Å². The molecule has 0 saturated heterocycles. The standard InChI is InChI=1S/C6HF5Te2/c7-1-2(8)4(10)6(13-12)5(11)3(1)9/h12H. The molecule has 0 N–H and O–H groups in total. The van der Waals surface area contributed by atoms with Gasteiger partial charge in [-0.2, -0.15) is 0 Å². The molecule has 1 aromatic carbocycles. The first-order valence-corrected chi connectivity index (χ1v) is 12.0. The second-order valence-corrected chi connectivity index (χ2v) is 7.17. The summed E-state index contributed by atoms with van der Waals surface area (Å²) in [6.45, 7) is 0. The number of halogens is 5. The van der Waals surface area contributed by atoms with E-state index in [1.165, 1.54) is 0 Å². The molecule has 7 heteroatoms. The Labute approximate surface area is 89.7 Å². The first-order chi connectivity index (χ1) is 6.00. The van der Waals surface area contributed by atoms with Gasteiger partial charge in [-0.15, -0.1) is 0 Å². The Morgan fingerprint density at radius 2 is 1.00 bits per heavy atom. The Hall–Kier alpha value is 0.449. The minimum atomic E-state index is -2.09. The molecule has 0 atom stereocenters. The van der Waals surface area contributed by atoms with Crippen molar-refractivity contribution in [3.63, 3.8) is 0 Å². The Balaban J connectivity index is 3.56. The molecule has 0 aromatic heterocycles. The van der Waals surface area contributed by atoms with Crippen LogP contribution in [0, 0.1) is 29.1 Å². The number of benzene rings is 1. The van der Waals surface area contributed by atoms with E-state index < -0.39 is 49.8 Å². The third-order valence-corrected chi connectivity index (χ3v) is 6.30. The summed E-state index contributed by atoms with van der Waals surface area (Å²) in [5.74, 6) is -9.16. The average Bonchev–Trinajstić information content (AvgIpc) is 2.13. The van der Waals surface area contributed by atoms with Gasteiger partial charge in [-0.05, 0) is 0 Å². The Morgan fingerprint density at radius 3 is 1.31 bits per heavy atom. The number of hydrogen-bond donors (Lipinski definition) is 0. The van der Waals surface area contributed by atoms with Gasteiger partial charge in [-0.1, -0.05) is 0 Å². The van der Waals surface area contributed by atoms with Crippen molar-refractivity contribution in [2.45, 2.75) is 0 Å². The van der Waals surface area contributed by atoms with E-state index in [-0.39, 0.29) is 0 Å². The molecule has 0 saturated carbocycles. The molecular formula is C6HF5Te2. The van der Waals surface area contributed by atoms with Gasteiger partial charge in [0.1, 0.15) is 0 Å². The van der Waals surface area contributed by atoms with Crippen molar-refractivity contribution in [3.8, 4) is 0 Å². The molecule has 0 bridgehead atoms. The summed E-state index contributed by atoms with van der Waals surface area (Å²) in [5.41, 5.74) is 0. The molecular weight excluding hydrogens is 422 g/mol. The minimum absolute atomic E-state index is 0.629. The van der Waals surface area contributed by atoms with Crippen molar-refractivity contribution in [3.05, 3.63) is 29.1 Å². The van der Waals surface area contributed by atoms with Crippen LogP contribution in [0.25, 0.3) is 0 Å². The van der Waals surface area contributed by atoms with Crippen molar-refractivity contribution >= 4 is 39.1 Å². The summed E-state index contributed by atoms with van der Waals surface area (Å²) in [5, 5.41) is 0. The molecule has 1 rings (SSSR count). The maximum atomic E-state index is 12.7. The molecule has 0 aliphatic carbocycles. The summed E-state index contributed by atoms with van der Waals surface area (Å²) in [4.78, 5) is 0. The molecule has 72 valence electrons. The van der Waals surface area contributed by atoms with Gasteiger partial charge >= 0.3 is 90.1 Å². The van der Waals surface area contributed by atoms with E-state index in [1.54, 1.807) is 0 Å². The fourth-order valence-corrected chi connectivity index (χ4v) is 4.70. The summed E-state index contributed by atoms with van der Waals surface area (Å²) in [7, 11) is 0. The van der Waals surface area contributed by atoms with Crippen LogP contribution in [0.3, 0.4) is 0 Å². The Morgan fingerprint density at radius 1 is 0.692 bits per heavy atom. The van der Waals surface area contributed by atoms with E-state index in [9.17, 15) is 22.0 Å². The third kappa shape index (κ3) is 1.94. The van der Waals surface area contributed by atoms with Crippen molar-refractivity contribution in [1.29, 1.82) is 0 Å². The number of hydrogen-bond acceptors (Lipinski definition) is 0. The van der Waals surface area contributed by atoms with Crippen molar-refractivity contribution in [2.24, 2.45) is 0 Å². The second-order valence-electron chi connectivity index (χ2n) is 1.99. The summed E-state index contributed by atoms with van der Waals surface area (Å²) in [6.07, 6.45) is 0. The third-order valence-electron chi connectivity index (χ3n) is 1.26. The molecule has 0 spiro atoms. The first-order valence-electron chi connectivity index (χ1n) is 2.83. The normalized spacial score (nSPS) is 10.6. The van der Waals surface area contributed by atoms with Crippen molar-refractivity contribution in [1.82, 2.24) is 0 Å². The van der Waals surface area contributed by atoms with Gasteiger partial charge in [-0.25, -0.2) is 0 Å². The zero-order valence-electron chi connectivity index (χ0n) is 5.75. The summed E-state index contributed by atoms with van der Waals surface area (Å²) >= 11 is -0.213. The molecule has 1 aromatic rings. The van der Waals surface area contributed by atoms with Crippen molar-refractivity contribution in [2.75, 3.05) is 0 Å². The van der Waals surface area contributed by atoms with Gasteiger partial charge in [0.15, 0.2) is 0 Å². The zero-order chi connectivity index (χ0) is 10.2. The average molecular weight is 423 g/mol. The molecule has 0 unspecified atom stereocenters. The molecule has 13 heavy (non-hydrogen) atoms. The molecule has 0 nitrogen and oxygen atoms in total. The predicted octanol–water partition coefficient (Wildman–Crippen LogP) is 0.527. The van der Waals surface area contributed by atoms with Gasteiger partial charge < -0.3 is 0 Å². The van der Waals surface area contributed by atoms with Crippen LogP contribution in [0.1, 0.15) is 0 Å². The molecule has 0 aliphatic rings. The van der Waals surface area contributed by atoms with Crippen LogP contribution in [0.15, 0.2) is 0 Å². The van der Waals surface area contributed by atoms with E-state index in [0.717, 1.165) is 18.4 Å². The monoisotopic (exact) mass is 428 g/mol. The second kappa shape index (κ2) is 4.31. The fraction of sp³-hybridized carbons (Fsp3) is 0. The Kier molecular flexibility index (Phi) is 3.82. The van der Waals surface area contributed by atoms with Crippen LogP contribution in [0.5, 0.6) is 0 Å².